The molecule has 33 heavy (non-hydrogen) atoms. The van der Waals surface area contributed by atoms with Crippen molar-refractivity contribution in [2.24, 2.45) is 0 Å². The normalized spacial score (nSPS) is 14.1. The summed E-state index contributed by atoms with van der Waals surface area (Å²) in [5.41, 5.74) is 0.513. The number of ether oxygens (including phenoxy) is 1. The van der Waals surface area contributed by atoms with Gasteiger partial charge in [0.1, 0.15) is 12.4 Å². The zero-order valence-corrected chi connectivity index (χ0v) is 18.6. The highest BCUT2D eigenvalue weighted by molar-refractivity contribution is 5.81. The van der Waals surface area contributed by atoms with Gasteiger partial charge < -0.3 is 14.5 Å². The number of carbonyl (C=O) groups excluding carboxylic acids is 1. The molecule has 0 saturated carbocycles. The maximum atomic E-state index is 13.2. The molecule has 0 atom stereocenters. The average Bonchev–Trinajstić information content (AvgIpc) is 2.84. The highest BCUT2D eigenvalue weighted by atomic mass is 19.1. The molecule has 0 N–H and O–H groups in total. The van der Waals surface area contributed by atoms with Gasteiger partial charge in [-0.3, -0.25) is 18.7 Å². The maximum Gasteiger partial charge on any atom is 0.331 e. The number of piperazine rings is 1. The number of halogens is 1. The number of amides is 1. The van der Waals surface area contributed by atoms with Crippen LogP contribution in [0.2, 0.25) is 0 Å². The molecule has 1 aromatic heterocycles. The summed E-state index contributed by atoms with van der Waals surface area (Å²) in [6.07, 6.45) is 0.517. The van der Waals surface area contributed by atoms with Gasteiger partial charge in [0.2, 0.25) is 5.91 Å². The fraction of sp³-hybridized carbons (Fsp3) is 0.375. The van der Waals surface area contributed by atoms with Gasteiger partial charge in [0.05, 0.1) is 10.9 Å². The molecule has 0 bridgehead atoms. The molecular formula is C24H27FN4O4. The molecular weight excluding hydrogens is 427 g/mol. The van der Waals surface area contributed by atoms with Crippen LogP contribution in [0.1, 0.15) is 6.42 Å². The molecule has 8 nitrogen and oxygen atoms in total. The number of nitrogens with zero attached hydrogens (tertiary/aromatic N) is 4. The van der Waals surface area contributed by atoms with Crippen molar-refractivity contribution in [3.05, 3.63) is 75.2 Å². The molecule has 9 heteroatoms. The van der Waals surface area contributed by atoms with E-state index in [1.165, 1.54) is 21.3 Å². The number of para-hydroxylation sites is 1. The van der Waals surface area contributed by atoms with Gasteiger partial charge in [0, 0.05) is 52.1 Å². The van der Waals surface area contributed by atoms with Gasteiger partial charge in [-0.2, -0.15) is 0 Å². The van der Waals surface area contributed by atoms with E-state index >= 15 is 0 Å². The lowest BCUT2D eigenvalue weighted by Gasteiger charge is -2.36. The van der Waals surface area contributed by atoms with Gasteiger partial charge in [-0.25, -0.2) is 9.18 Å². The number of benzene rings is 2. The molecule has 1 saturated heterocycles. The third kappa shape index (κ3) is 4.83. The summed E-state index contributed by atoms with van der Waals surface area (Å²) in [4.78, 5) is 42.9. The van der Waals surface area contributed by atoms with Crippen LogP contribution < -0.4 is 16.1 Å². The Bertz CT molecular complexity index is 1240. The molecule has 1 amide bonds. The first-order valence-corrected chi connectivity index (χ1v) is 11.0. The van der Waals surface area contributed by atoms with Crippen LogP contribution in [0.25, 0.3) is 10.9 Å². The third-order valence-electron chi connectivity index (χ3n) is 5.98. The van der Waals surface area contributed by atoms with Crippen LogP contribution in [0.3, 0.4) is 0 Å². The number of rotatable bonds is 7. The molecule has 0 spiro atoms. The Kier molecular flexibility index (Phi) is 6.88. The van der Waals surface area contributed by atoms with Crippen molar-refractivity contribution in [3.63, 3.8) is 0 Å². The highest BCUT2D eigenvalue weighted by Gasteiger charge is 2.23. The summed E-state index contributed by atoms with van der Waals surface area (Å²) in [6.45, 7) is 2.73. The molecule has 2 aromatic carbocycles. The van der Waals surface area contributed by atoms with Gasteiger partial charge in [-0.1, -0.05) is 12.1 Å². The van der Waals surface area contributed by atoms with E-state index in [2.05, 4.69) is 4.90 Å². The fourth-order valence-corrected chi connectivity index (χ4v) is 4.19. The summed E-state index contributed by atoms with van der Waals surface area (Å²) in [6, 6.07) is 13.2. The summed E-state index contributed by atoms with van der Waals surface area (Å²) in [5.74, 6) is -0.461. The fourth-order valence-electron chi connectivity index (χ4n) is 4.19. The van der Waals surface area contributed by atoms with Gasteiger partial charge in [0.25, 0.3) is 5.56 Å². The van der Waals surface area contributed by atoms with Gasteiger partial charge >= 0.3 is 5.69 Å². The van der Waals surface area contributed by atoms with Crippen LogP contribution in [0, 0.1) is 5.82 Å². The number of carbonyl (C=O) groups is 1. The van der Waals surface area contributed by atoms with Crippen LogP contribution in [0.4, 0.5) is 10.1 Å². The molecule has 2 heterocycles. The Morgan fingerprint density at radius 1 is 0.970 bits per heavy atom. The van der Waals surface area contributed by atoms with Gasteiger partial charge in [-0.15, -0.1) is 0 Å². The van der Waals surface area contributed by atoms with E-state index in [1.807, 2.05) is 0 Å². The molecule has 0 unspecified atom stereocenters. The SMILES string of the molecule is COCCCn1c(=O)c2ccccc2n(CC(=O)N2CCN(c3ccc(F)cc3)CC2)c1=O. The first kappa shape index (κ1) is 22.7. The third-order valence-corrected chi connectivity index (χ3v) is 5.98. The lowest BCUT2D eigenvalue weighted by molar-refractivity contribution is -0.132. The first-order valence-electron chi connectivity index (χ1n) is 11.0. The highest BCUT2D eigenvalue weighted by Crippen LogP contribution is 2.17. The monoisotopic (exact) mass is 454 g/mol. The lowest BCUT2D eigenvalue weighted by Crippen LogP contribution is -2.50. The van der Waals surface area contributed by atoms with E-state index in [0.29, 0.717) is 50.1 Å². The molecule has 3 aromatic rings. The minimum Gasteiger partial charge on any atom is -0.385 e. The number of anilines is 1. The smallest absolute Gasteiger partial charge is 0.331 e. The first-order chi connectivity index (χ1) is 16.0. The number of fused-ring (bicyclic) bond motifs is 1. The molecule has 1 fully saturated rings. The molecule has 0 aliphatic carbocycles. The average molecular weight is 455 g/mol. The number of hydrogen-bond acceptors (Lipinski definition) is 5. The van der Waals surface area contributed by atoms with E-state index in [4.69, 9.17) is 4.74 Å². The van der Waals surface area contributed by atoms with Crippen molar-refractivity contribution in [2.75, 3.05) is 44.8 Å². The number of aromatic nitrogens is 2. The van der Waals surface area contributed by atoms with E-state index in [1.54, 1.807) is 48.4 Å². The van der Waals surface area contributed by atoms with Crippen molar-refractivity contribution in [3.8, 4) is 0 Å². The van der Waals surface area contributed by atoms with Gasteiger partial charge in [0.15, 0.2) is 0 Å². The molecule has 1 aliphatic rings. The summed E-state index contributed by atoms with van der Waals surface area (Å²) in [7, 11) is 1.57. The number of hydrogen-bond donors (Lipinski definition) is 0. The van der Waals surface area contributed by atoms with Crippen LogP contribution >= 0.6 is 0 Å². The molecule has 174 valence electrons. The zero-order valence-electron chi connectivity index (χ0n) is 18.6. The standard InChI is InChI=1S/C24H27FN4O4/c1-33-16-4-11-28-23(31)20-5-2-3-6-21(20)29(24(28)32)17-22(30)27-14-12-26(13-15-27)19-9-7-18(25)8-10-19/h2-3,5-10H,4,11-17H2,1H3. The zero-order chi connectivity index (χ0) is 23.4. The Morgan fingerprint density at radius 3 is 2.36 bits per heavy atom. The molecule has 0 radical (unpaired) electrons. The minimum atomic E-state index is -0.492. The predicted octanol–water partition coefficient (Wildman–Crippen LogP) is 1.69. The second kappa shape index (κ2) is 9.99. The van der Waals surface area contributed by atoms with Crippen molar-refractivity contribution in [1.29, 1.82) is 0 Å². The Balaban J connectivity index is 1.53. The van der Waals surface area contributed by atoms with Crippen LogP contribution in [0.15, 0.2) is 58.1 Å². The largest absolute Gasteiger partial charge is 0.385 e. The van der Waals surface area contributed by atoms with Gasteiger partial charge in [-0.05, 0) is 42.8 Å². The van der Waals surface area contributed by atoms with Crippen molar-refractivity contribution < 1.29 is 13.9 Å². The summed E-state index contributed by atoms with van der Waals surface area (Å²) >= 11 is 0. The van der Waals surface area contributed by atoms with Crippen molar-refractivity contribution >= 4 is 22.5 Å². The molecule has 4 rings (SSSR count). The lowest BCUT2D eigenvalue weighted by atomic mass is 10.2. The van der Waals surface area contributed by atoms with Crippen LogP contribution in [-0.2, 0) is 22.6 Å². The van der Waals surface area contributed by atoms with E-state index in [0.717, 1.165) is 5.69 Å². The van der Waals surface area contributed by atoms with Crippen LogP contribution in [0.5, 0.6) is 0 Å². The van der Waals surface area contributed by atoms with E-state index < -0.39 is 5.69 Å². The quantitative estimate of drug-likeness (QED) is 0.508. The summed E-state index contributed by atoms with van der Waals surface area (Å²) in [5, 5.41) is 0.406. The van der Waals surface area contributed by atoms with Crippen molar-refractivity contribution in [1.82, 2.24) is 14.0 Å². The van der Waals surface area contributed by atoms with E-state index in [9.17, 15) is 18.8 Å². The Labute approximate surface area is 190 Å². The van der Waals surface area contributed by atoms with Crippen LogP contribution in [-0.4, -0.2) is 59.8 Å². The maximum absolute atomic E-state index is 13.2. The van der Waals surface area contributed by atoms with E-state index in [-0.39, 0.29) is 30.4 Å². The Hall–Kier alpha value is -3.46. The summed E-state index contributed by atoms with van der Waals surface area (Å²) < 4.78 is 20.8. The van der Waals surface area contributed by atoms with Crippen molar-refractivity contribution in [2.45, 2.75) is 19.5 Å². The topological polar surface area (TPSA) is 76.8 Å². The molecule has 1 aliphatic heterocycles. The minimum absolute atomic E-state index is 0.138. The Morgan fingerprint density at radius 2 is 1.67 bits per heavy atom. The number of methoxy groups -OCH3 is 1. The second-order valence-electron chi connectivity index (χ2n) is 8.03. The predicted molar refractivity (Wildman–Crippen MR) is 124 cm³/mol. The second-order valence-corrected chi connectivity index (χ2v) is 8.03.